The van der Waals surface area contributed by atoms with Gasteiger partial charge in [-0.05, 0) is 42.5 Å². The van der Waals surface area contributed by atoms with Crippen molar-refractivity contribution in [2.75, 3.05) is 31.6 Å². The average Bonchev–Trinajstić information content (AvgIpc) is 2.46. The van der Waals surface area contributed by atoms with Crippen molar-refractivity contribution in [3.8, 4) is 0 Å². The number of anilines is 1. The van der Waals surface area contributed by atoms with Gasteiger partial charge in [0.2, 0.25) is 10.0 Å². The first-order chi connectivity index (χ1) is 9.95. The van der Waals surface area contributed by atoms with Crippen molar-refractivity contribution >= 4 is 15.7 Å². The van der Waals surface area contributed by atoms with Gasteiger partial charge >= 0.3 is 0 Å². The molecule has 6 heteroatoms. The fourth-order valence-electron chi connectivity index (χ4n) is 2.38. The van der Waals surface area contributed by atoms with Gasteiger partial charge in [-0.1, -0.05) is 13.8 Å². The molecular weight excluding hydrogens is 288 g/mol. The van der Waals surface area contributed by atoms with Crippen molar-refractivity contribution in [3.63, 3.8) is 0 Å². The standard InChI is InChI=1S/C15H24N2O3S/c1-3-17-21(18,19)14-6-4-13(5-7-14)16-12-15(2)8-10-20-11-9-15/h4-7,16-17H,3,8-12H2,1-2H3. The van der Waals surface area contributed by atoms with Gasteiger partial charge in [-0.2, -0.15) is 0 Å². The van der Waals surface area contributed by atoms with Crippen LogP contribution in [0.25, 0.3) is 0 Å². The Kier molecular flexibility index (Phi) is 5.24. The zero-order chi connectivity index (χ0) is 15.3. The molecule has 118 valence electrons. The van der Waals surface area contributed by atoms with E-state index in [0.29, 0.717) is 11.4 Å². The molecule has 1 saturated heterocycles. The van der Waals surface area contributed by atoms with Gasteiger partial charge in [0, 0.05) is 32.0 Å². The Bertz CT molecular complexity index is 549. The van der Waals surface area contributed by atoms with Crippen molar-refractivity contribution in [2.45, 2.75) is 31.6 Å². The van der Waals surface area contributed by atoms with Crippen LogP contribution in [0.15, 0.2) is 29.2 Å². The Morgan fingerprint density at radius 3 is 2.38 bits per heavy atom. The second-order valence-corrected chi connectivity index (χ2v) is 7.57. The third-order valence-electron chi connectivity index (χ3n) is 3.92. The van der Waals surface area contributed by atoms with Gasteiger partial charge in [0.15, 0.2) is 0 Å². The van der Waals surface area contributed by atoms with Crippen LogP contribution in [-0.2, 0) is 14.8 Å². The van der Waals surface area contributed by atoms with Crippen molar-refractivity contribution < 1.29 is 13.2 Å². The number of sulfonamides is 1. The molecule has 1 aromatic carbocycles. The summed E-state index contributed by atoms with van der Waals surface area (Å²) in [5, 5.41) is 3.39. The number of hydrogen-bond donors (Lipinski definition) is 2. The van der Waals surface area contributed by atoms with E-state index < -0.39 is 10.0 Å². The third kappa shape index (κ3) is 4.43. The van der Waals surface area contributed by atoms with Crippen LogP contribution in [0.3, 0.4) is 0 Å². The summed E-state index contributed by atoms with van der Waals surface area (Å²) in [6, 6.07) is 6.89. The summed E-state index contributed by atoms with van der Waals surface area (Å²) in [6.45, 7) is 6.92. The lowest BCUT2D eigenvalue weighted by molar-refractivity contribution is 0.0300. The molecule has 0 saturated carbocycles. The molecule has 2 N–H and O–H groups in total. The molecule has 1 heterocycles. The fraction of sp³-hybridized carbons (Fsp3) is 0.600. The summed E-state index contributed by atoms with van der Waals surface area (Å²) >= 11 is 0. The van der Waals surface area contributed by atoms with E-state index in [0.717, 1.165) is 38.3 Å². The van der Waals surface area contributed by atoms with E-state index >= 15 is 0 Å². The zero-order valence-electron chi connectivity index (χ0n) is 12.7. The lowest BCUT2D eigenvalue weighted by atomic mass is 9.82. The Labute approximate surface area is 127 Å². The SMILES string of the molecule is CCNS(=O)(=O)c1ccc(NCC2(C)CCOCC2)cc1. The summed E-state index contributed by atoms with van der Waals surface area (Å²) < 4.78 is 31.6. The molecule has 5 nitrogen and oxygen atoms in total. The second kappa shape index (κ2) is 6.77. The molecule has 2 rings (SSSR count). The Morgan fingerprint density at radius 2 is 1.81 bits per heavy atom. The zero-order valence-corrected chi connectivity index (χ0v) is 13.5. The van der Waals surface area contributed by atoms with E-state index in [-0.39, 0.29) is 5.41 Å². The highest BCUT2D eigenvalue weighted by atomic mass is 32.2. The lowest BCUT2D eigenvalue weighted by Gasteiger charge is -2.33. The van der Waals surface area contributed by atoms with Crippen LogP contribution in [0.4, 0.5) is 5.69 Å². The number of ether oxygens (including phenoxy) is 1. The van der Waals surface area contributed by atoms with Crippen LogP contribution in [0.2, 0.25) is 0 Å². The molecule has 0 radical (unpaired) electrons. The maximum absolute atomic E-state index is 11.9. The molecule has 0 atom stereocenters. The van der Waals surface area contributed by atoms with Gasteiger partial charge in [0.1, 0.15) is 0 Å². The minimum atomic E-state index is -3.37. The van der Waals surface area contributed by atoms with Crippen molar-refractivity contribution in [3.05, 3.63) is 24.3 Å². The van der Waals surface area contributed by atoms with Crippen LogP contribution in [0.1, 0.15) is 26.7 Å². The first kappa shape index (κ1) is 16.3. The first-order valence-corrected chi connectivity index (χ1v) is 8.85. The quantitative estimate of drug-likeness (QED) is 0.845. The highest BCUT2D eigenvalue weighted by molar-refractivity contribution is 7.89. The molecule has 0 amide bonds. The predicted octanol–water partition coefficient (Wildman–Crippen LogP) is 2.21. The molecule has 0 aromatic heterocycles. The topological polar surface area (TPSA) is 67.4 Å². The Morgan fingerprint density at radius 1 is 1.19 bits per heavy atom. The summed E-state index contributed by atoms with van der Waals surface area (Å²) in [5.74, 6) is 0. The maximum atomic E-state index is 11.9. The van der Waals surface area contributed by atoms with E-state index in [1.807, 2.05) is 12.1 Å². The molecule has 1 aliphatic rings. The number of nitrogens with one attached hydrogen (secondary N) is 2. The van der Waals surface area contributed by atoms with Crippen molar-refractivity contribution in [1.29, 1.82) is 0 Å². The highest BCUT2D eigenvalue weighted by Crippen LogP contribution is 2.30. The smallest absolute Gasteiger partial charge is 0.240 e. The monoisotopic (exact) mass is 312 g/mol. The normalized spacial score (nSPS) is 18.4. The second-order valence-electron chi connectivity index (χ2n) is 5.80. The summed E-state index contributed by atoms with van der Waals surface area (Å²) in [5.41, 5.74) is 1.19. The highest BCUT2D eigenvalue weighted by Gasteiger charge is 2.26. The summed E-state index contributed by atoms with van der Waals surface area (Å²) in [6.07, 6.45) is 2.10. The van der Waals surface area contributed by atoms with Crippen LogP contribution in [0, 0.1) is 5.41 Å². The first-order valence-electron chi connectivity index (χ1n) is 7.37. The Hall–Kier alpha value is -1.11. The lowest BCUT2D eigenvalue weighted by Crippen LogP contribution is -2.33. The van der Waals surface area contributed by atoms with Gasteiger partial charge < -0.3 is 10.1 Å². The third-order valence-corrected chi connectivity index (χ3v) is 5.48. The summed E-state index contributed by atoms with van der Waals surface area (Å²) in [7, 11) is -3.37. The van der Waals surface area contributed by atoms with Gasteiger partial charge in [-0.15, -0.1) is 0 Å². The molecule has 1 aliphatic heterocycles. The molecule has 21 heavy (non-hydrogen) atoms. The van der Waals surface area contributed by atoms with Gasteiger partial charge in [-0.3, -0.25) is 0 Å². The minimum absolute atomic E-state index is 0.243. The average molecular weight is 312 g/mol. The molecule has 1 aromatic rings. The van der Waals surface area contributed by atoms with E-state index in [9.17, 15) is 8.42 Å². The number of benzene rings is 1. The fourth-order valence-corrected chi connectivity index (χ4v) is 3.42. The van der Waals surface area contributed by atoms with Crippen LogP contribution in [0.5, 0.6) is 0 Å². The molecule has 0 spiro atoms. The van der Waals surface area contributed by atoms with Gasteiger partial charge in [0.05, 0.1) is 4.90 Å². The van der Waals surface area contributed by atoms with Crippen LogP contribution < -0.4 is 10.0 Å². The molecule has 0 bridgehead atoms. The number of hydrogen-bond acceptors (Lipinski definition) is 4. The van der Waals surface area contributed by atoms with Gasteiger partial charge in [-0.25, -0.2) is 13.1 Å². The molecule has 0 aliphatic carbocycles. The summed E-state index contributed by atoms with van der Waals surface area (Å²) in [4.78, 5) is 0.298. The van der Waals surface area contributed by atoms with E-state index in [1.165, 1.54) is 0 Å². The Balaban J connectivity index is 1.96. The van der Waals surface area contributed by atoms with Crippen molar-refractivity contribution in [2.24, 2.45) is 5.41 Å². The van der Waals surface area contributed by atoms with Crippen molar-refractivity contribution in [1.82, 2.24) is 4.72 Å². The van der Waals surface area contributed by atoms with E-state index in [4.69, 9.17) is 4.74 Å². The predicted molar refractivity (Wildman–Crippen MR) is 84.0 cm³/mol. The molecule has 0 unspecified atom stereocenters. The number of rotatable bonds is 6. The molecule has 1 fully saturated rings. The largest absolute Gasteiger partial charge is 0.384 e. The maximum Gasteiger partial charge on any atom is 0.240 e. The molecular formula is C15H24N2O3S. The van der Waals surface area contributed by atoms with E-state index in [2.05, 4.69) is 17.0 Å². The van der Waals surface area contributed by atoms with E-state index in [1.54, 1.807) is 19.1 Å². The van der Waals surface area contributed by atoms with Gasteiger partial charge in [0.25, 0.3) is 0 Å². The van der Waals surface area contributed by atoms with Crippen LogP contribution >= 0.6 is 0 Å². The van der Waals surface area contributed by atoms with Crippen LogP contribution in [-0.4, -0.2) is 34.7 Å². The minimum Gasteiger partial charge on any atom is -0.384 e.